The number of ether oxygens (including phenoxy) is 4. The molecule has 3 aromatic rings. The number of hydrogen-bond acceptors (Lipinski definition) is 12. The monoisotopic (exact) mass is 551 g/mol. The number of esters is 1. The second kappa shape index (κ2) is 13.1. The molecule has 0 unspecified atom stereocenters. The molecule has 0 bridgehead atoms. The van der Waals surface area contributed by atoms with Gasteiger partial charge in [0.1, 0.15) is 22.9 Å². The zero-order valence-corrected chi connectivity index (χ0v) is 22.1. The fourth-order valence-corrected chi connectivity index (χ4v) is 4.11. The van der Waals surface area contributed by atoms with E-state index in [0.29, 0.717) is 88.4 Å². The Kier molecular flexibility index (Phi) is 8.93. The van der Waals surface area contributed by atoms with E-state index in [1.54, 1.807) is 24.4 Å². The minimum atomic E-state index is -0.617. The molecule has 2 saturated heterocycles. The number of carbonyl (C=O) groups is 1. The smallest absolute Gasteiger partial charge is 0.347 e. The molecule has 0 radical (unpaired) electrons. The topological polar surface area (TPSA) is 124 Å². The Balaban J connectivity index is 1.32. The third-order valence-electron chi connectivity index (χ3n) is 6.13. The summed E-state index contributed by atoms with van der Waals surface area (Å²) in [6.07, 6.45) is 1.57. The highest BCUT2D eigenvalue weighted by Gasteiger charge is 2.21. The normalized spacial score (nSPS) is 15.8. The first-order valence-electron chi connectivity index (χ1n) is 13.0. The average Bonchev–Trinajstić information content (AvgIpc) is 2.99. The molecule has 210 valence electrons. The van der Waals surface area contributed by atoms with Gasteiger partial charge in [0, 0.05) is 26.2 Å². The van der Waals surface area contributed by atoms with Crippen LogP contribution in [0.4, 0.5) is 22.2 Å². The summed E-state index contributed by atoms with van der Waals surface area (Å²) in [5.74, 6) is 0.947. The van der Waals surface area contributed by atoms with Crippen LogP contribution in [0.15, 0.2) is 47.6 Å². The highest BCUT2D eigenvalue weighted by Crippen LogP contribution is 2.23. The van der Waals surface area contributed by atoms with E-state index >= 15 is 0 Å². The van der Waals surface area contributed by atoms with Gasteiger partial charge in [0.2, 0.25) is 17.8 Å². The van der Waals surface area contributed by atoms with Crippen molar-refractivity contribution in [1.29, 1.82) is 0 Å². The first kappa shape index (κ1) is 27.2. The van der Waals surface area contributed by atoms with Gasteiger partial charge in [-0.05, 0) is 48.9 Å². The number of benzene rings is 2. The summed E-state index contributed by atoms with van der Waals surface area (Å²) in [7, 11) is 0. The van der Waals surface area contributed by atoms with Crippen LogP contribution in [-0.2, 0) is 9.47 Å². The molecule has 13 heteroatoms. The highest BCUT2D eigenvalue weighted by atomic mass is 19.1. The number of morpholine rings is 2. The van der Waals surface area contributed by atoms with Gasteiger partial charge in [-0.2, -0.15) is 20.1 Å². The SMILES string of the molecule is CCOc1cc(/C=N\Nc2nc(N3CCOCC3)nc(N3CCOCC3)n2)ccc1C(=O)Oc1ccc(F)cc1. The maximum atomic E-state index is 13.2. The molecule has 2 fully saturated rings. The Morgan fingerprint density at radius 1 is 0.975 bits per heavy atom. The van der Waals surface area contributed by atoms with Crippen molar-refractivity contribution in [2.75, 3.05) is 74.4 Å². The first-order chi connectivity index (χ1) is 19.6. The van der Waals surface area contributed by atoms with Gasteiger partial charge < -0.3 is 28.7 Å². The number of carbonyl (C=O) groups excluding carboxylic acids is 1. The number of nitrogens with one attached hydrogen (secondary N) is 1. The van der Waals surface area contributed by atoms with Crippen LogP contribution in [-0.4, -0.2) is 86.3 Å². The van der Waals surface area contributed by atoms with Gasteiger partial charge in [0.25, 0.3) is 0 Å². The molecule has 1 aromatic heterocycles. The van der Waals surface area contributed by atoms with E-state index in [1.165, 1.54) is 24.3 Å². The van der Waals surface area contributed by atoms with E-state index in [9.17, 15) is 9.18 Å². The summed E-state index contributed by atoms with van der Waals surface area (Å²) in [5, 5.41) is 4.31. The van der Waals surface area contributed by atoms with Gasteiger partial charge in [-0.3, -0.25) is 0 Å². The zero-order chi connectivity index (χ0) is 27.7. The van der Waals surface area contributed by atoms with Crippen molar-refractivity contribution in [2.24, 2.45) is 5.10 Å². The lowest BCUT2D eigenvalue weighted by molar-refractivity contribution is 0.0730. The van der Waals surface area contributed by atoms with Crippen molar-refractivity contribution in [3.05, 3.63) is 59.4 Å². The van der Waals surface area contributed by atoms with E-state index in [-0.39, 0.29) is 11.3 Å². The summed E-state index contributed by atoms with van der Waals surface area (Å²) in [4.78, 5) is 30.7. The molecule has 3 heterocycles. The molecule has 2 aliphatic rings. The van der Waals surface area contributed by atoms with E-state index in [4.69, 9.17) is 18.9 Å². The Morgan fingerprint density at radius 3 is 2.20 bits per heavy atom. The van der Waals surface area contributed by atoms with Crippen LogP contribution < -0.4 is 24.7 Å². The molecule has 0 saturated carbocycles. The number of hydrogen-bond donors (Lipinski definition) is 1. The maximum absolute atomic E-state index is 13.2. The number of anilines is 3. The van der Waals surface area contributed by atoms with Crippen molar-refractivity contribution in [1.82, 2.24) is 15.0 Å². The first-order valence-corrected chi connectivity index (χ1v) is 13.0. The van der Waals surface area contributed by atoms with Gasteiger partial charge in [0.15, 0.2) is 0 Å². The van der Waals surface area contributed by atoms with Crippen molar-refractivity contribution in [2.45, 2.75) is 6.92 Å². The number of aromatic nitrogens is 3. The van der Waals surface area contributed by atoms with Crippen LogP contribution in [0.3, 0.4) is 0 Å². The lowest BCUT2D eigenvalue weighted by Crippen LogP contribution is -2.40. The van der Waals surface area contributed by atoms with Crippen LogP contribution in [0.25, 0.3) is 0 Å². The van der Waals surface area contributed by atoms with Crippen molar-refractivity contribution in [3.63, 3.8) is 0 Å². The summed E-state index contributed by atoms with van der Waals surface area (Å²) in [6, 6.07) is 10.2. The maximum Gasteiger partial charge on any atom is 0.347 e. The van der Waals surface area contributed by atoms with Crippen LogP contribution in [0.5, 0.6) is 11.5 Å². The summed E-state index contributed by atoms with van der Waals surface area (Å²) in [6.45, 7) is 7.33. The molecule has 5 rings (SSSR count). The zero-order valence-electron chi connectivity index (χ0n) is 22.1. The van der Waals surface area contributed by atoms with Gasteiger partial charge in [-0.25, -0.2) is 14.6 Å². The molecular formula is C27H30FN7O5. The van der Waals surface area contributed by atoms with E-state index < -0.39 is 11.8 Å². The molecule has 0 amide bonds. The third kappa shape index (κ3) is 6.98. The minimum Gasteiger partial charge on any atom is -0.493 e. The number of nitrogens with zero attached hydrogens (tertiary/aromatic N) is 6. The molecule has 0 atom stereocenters. The molecule has 2 aromatic carbocycles. The van der Waals surface area contributed by atoms with Gasteiger partial charge in [-0.1, -0.05) is 6.07 Å². The average molecular weight is 552 g/mol. The van der Waals surface area contributed by atoms with Gasteiger partial charge in [0.05, 0.1) is 39.2 Å². The molecular weight excluding hydrogens is 521 g/mol. The Hall–Kier alpha value is -4.36. The van der Waals surface area contributed by atoms with Crippen LogP contribution in [0.1, 0.15) is 22.8 Å². The van der Waals surface area contributed by atoms with Crippen LogP contribution in [0, 0.1) is 5.82 Å². The Labute approximate surface area is 230 Å². The minimum absolute atomic E-state index is 0.230. The largest absolute Gasteiger partial charge is 0.493 e. The molecule has 1 N–H and O–H groups in total. The molecule has 12 nitrogen and oxygen atoms in total. The van der Waals surface area contributed by atoms with Crippen LogP contribution in [0.2, 0.25) is 0 Å². The summed E-state index contributed by atoms with van der Waals surface area (Å²) < 4.78 is 35.1. The quantitative estimate of drug-likeness (QED) is 0.183. The predicted octanol–water partition coefficient (Wildman–Crippen LogP) is 2.75. The number of hydrazone groups is 1. The van der Waals surface area contributed by atoms with Crippen molar-refractivity contribution in [3.8, 4) is 11.5 Å². The molecule has 0 aliphatic carbocycles. The Morgan fingerprint density at radius 2 is 1.60 bits per heavy atom. The van der Waals surface area contributed by atoms with E-state index in [1.807, 2.05) is 6.92 Å². The standard InChI is InChI=1S/C27H30FN7O5/c1-2-39-23-17-19(3-8-22(23)24(36)40-21-6-4-20(28)5-7-21)18-29-33-25-30-26(34-9-13-37-14-10-34)32-27(31-25)35-11-15-38-16-12-35/h3-8,17-18H,2,9-16H2,1H3,(H,30,31,32,33)/b29-18-. The van der Waals surface area contributed by atoms with E-state index in [2.05, 4.69) is 35.3 Å². The van der Waals surface area contributed by atoms with E-state index in [0.717, 1.165) is 0 Å². The summed E-state index contributed by atoms with van der Waals surface area (Å²) in [5.41, 5.74) is 3.81. The molecule has 40 heavy (non-hydrogen) atoms. The second-order valence-corrected chi connectivity index (χ2v) is 8.86. The summed E-state index contributed by atoms with van der Waals surface area (Å²) >= 11 is 0. The lowest BCUT2D eigenvalue weighted by atomic mass is 10.1. The number of halogens is 1. The fraction of sp³-hybridized carbons (Fsp3) is 0.370. The van der Waals surface area contributed by atoms with Crippen molar-refractivity contribution < 1.29 is 28.1 Å². The van der Waals surface area contributed by atoms with Gasteiger partial charge in [-0.15, -0.1) is 0 Å². The number of rotatable bonds is 9. The van der Waals surface area contributed by atoms with Crippen molar-refractivity contribution >= 4 is 30.0 Å². The predicted molar refractivity (Wildman–Crippen MR) is 146 cm³/mol. The second-order valence-electron chi connectivity index (χ2n) is 8.86. The fourth-order valence-electron chi connectivity index (χ4n) is 4.11. The highest BCUT2D eigenvalue weighted by molar-refractivity contribution is 5.95. The third-order valence-corrected chi connectivity index (χ3v) is 6.13. The van der Waals surface area contributed by atoms with Gasteiger partial charge >= 0.3 is 5.97 Å². The van der Waals surface area contributed by atoms with Crippen LogP contribution >= 0.6 is 0 Å². The molecule has 2 aliphatic heterocycles. The lowest BCUT2D eigenvalue weighted by Gasteiger charge is -2.30. The Bertz CT molecular complexity index is 1290. The molecule has 0 spiro atoms.